The molecular formula is C15H26O. The van der Waals surface area contributed by atoms with Gasteiger partial charge in [-0.25, -0.2) is 0 Å². The molecule has 0 N–H and O–H groups in total. The predicted molar refractivity (Wildman–Crippen MR) is 68.5 cm³/mol. The van der Waals surface area contributed by atoms with Gasteiger partial charge in [-0.3, -0.25) is 0 Å². The first kappa shape index (κ1) is 12.2. The molecule has 92 valence electrons. The fourth-order valence-electron chi connectivity index (χ4n) is 3.30. The van der Waals surface area contributed by atoms with E-state index in [9.17, 15) is 0 Å². The monoisotopic (exact) mass is 222 g/mol. The molecule has 1 saturated carbocycles. The lowest BCUT2D eigenvalue weighted by Gasteiger charge is -2.47. The zero-order chi connectivity index (χ0) is 11.8. The number of fused-ring (bicyclic) bond motifs is 1. The van der Waals surface area contributed by atoms with Crippen LogP contribution in [-0.4, -0.2) is 11.7 Å². The Morgan fingerprint density at radius 3 is 2.75 bits per heavy atom. The van der Waals surface area contributed by atoms with Crippen LogP contribution in [0.15, 0.2) is 11.6 Å². The first-order valence-electron chi connectivity index (χ1n) is 6.79. The molecule has 1 nitrogen and oxygen atoms in total. The molecule has 0 heterocycles. The van der Waals surface area contributed by atoms with Crippen LogP contribution in [0.5, 0.6) is 0 Å². The minimum absolute atomic E-state index is 0.00638. The van der Waals surface area contributed by atoms with Gasteiger partial charge in [0.1, 0.15) is 0 Å². The first-order valence-corrected chi connectivity index (χ1v) is 6.79. The molecule has 0 radical (unpaired) electrons. The van der Waals surface area contributed by atoms with E-state index in [2.05, 4.69) is 33.8 Å². The number of allylic oxidation sites excluding steroid dienone is 1. The Hall–Kier alpha value is -0.300. The lowest BCUT2D eigenvalue weighted by atomic mass is 9.64. The van der Waals surface area contributed by atoms with Crippen LogP contribution in [0, 0.1) is 5.41 Å². The van der Waals surface area contributed by atoms with E-state index < -0.39 is 0 Å². The lowest BCUT2D eigenvalue weighted by molar-refractivity contribution is -0.115. The summed E-state index contributed by atoms with van der Waals surface area (Å²) in [5.74, 6) is 0. The van der Waals surface area contributed by atoms with Crippen LogP contribution in [0.25, 0.3) is 0 Å². The van der Waals surface area contributed by atoms with Gasteiger partial charge < -0.3 is 4.74 Å². The second-order valence-electron chi connectivity index (χ2n) is 6.65. The van der Waals surface area contributed by atoms with Gasteiger partial charge in [-0.05, 0) is 52.9 Å². The minimum Gasteiger partial charge on any atom is -0.372 e. The van der Waals surface area contributed by atoms with Crippen LogP contribution in [0.1, 0.15) is 66.2 Å². The molecule has 0 aliphatic heterocycles. The van der Waals surface area contributed by atoms with Gasteiger partial charge in [-0.2, -0.15) is 0 Å². The first-order chi connectivity index (χ1) is 7.42. The van der Waals surface area contributed by atoms with Crippen molar-refractivity contribution < 1.29 is 4.74 Å². The smallest absolute Gasteiger partial charge is 0.0675 e. The Kier molecular flexibility index (Phi) is 3.18. The summed E-state index contributed by atoms with van der Waals surface area (Å²) >= 11 is 0. The van der Waals surface area contributed by atoms with E-state index in [4.69, 9.17) is 4.74 Å². The van der Waals surface area contributed by atoms with Gasteiger partial charge in [0.05, 0.1) is 11.7 Å². The second kappa shape index (κ2) is 4.18. The van der Waals surface area contributed by atoms with Crippen molar-refractivity contribution in [2.75, 3.05) is 0 Å². The molecule has 0 aromatic rings. The summed E-state index contributed by atoms with van der Waals surface area (Å²) in [6, 6.07) is 0. The average Bonchev–Trinajstić information content (AvgIpc) is 2.17. The molecule has 2 aliphatic rings. The molecule has 0 saturated heterocycles. The van der Waals surface area contributed by atoms with E-state index in [1.165, 1.54) is 38.5 Å². The fraction of sp³-hybridized carbons (Fsp3) is 0.867. The Morgan fingerprint density at radius 1 is 1.31 bits per heavy atom. The minimum atomic E-state index is -0.00638. The standard InChI is InChI=1S/C15H26O/c1-14(2,3)16-13-10-7-9-12-8-5-6-11-15(12,13)4/h9,13H,5-8,10-11H2,1-4H3/t13?,15-/m0/s1. The van der Waals surface area contributed by atoms with Gasteiger partial charge in [0.25, 0.3) is 0 Å². The van der Waals surface area contributed by atoms with Crippen molar-refractivity contribution in [3.8, 4) is 0 Å². The summed E-state index contributed by atoms with van der Waals surface area (Å²) in [4.78, 5) is 0. The summed E-state index contributed by atoms with van der Waals surface area (Å²) < 4.78 is 6.31. The van der Waals surface area contributed by atoms with Crippen LogP contribution in [0.2, 0.25) is 0 Å². The van der Waals surface area contributed by atoms with Crippen LogP contribution in [0.4, 0.5) is 0 Å². The maximum Gasteiger partial charge on any atom is 0.0675 e. The Morgan fingerprint density at radius 2 is 2.06 bits per heavy atom. The Labute approximate surface area is 100 Å². The SMILES string of the molecule is CC(C)(C)OC1CCC=C2CCCC[C@@]21C. The van der Waals surface area contributed by atoms with Crippen molar-refractivity contribution in [1.82, 2.24) is 0 Å². The summed E-state index contributed by atoms with van der Waals surface area (Å²) in [5.41, 5.74) is 2.01. The highest BCUT2D eigenvalue weighted by molar-refractivity contribution is 5.21. The average molecular weight is 222 g/mol. The zero-order valence-electron chi connectivity index (χ0n) is 11.3. The van der Waals surface area contributed by atoms with E-state index in [-0.39, 0.29) is 5.60 Å². The summed E-state index contributed by atoms with van der Waals surface area (Å²) in [7, 11) is 0. The number of hydrogen-bond donors (Lipinski definition) is 0. The van der Waals surface area contributed by atoms with Crippen molar-refractivity contribution in [3.63, 3.8) is 0 Å². The summed E-state index contributed by atoms with van der Waals surface area (Å²) in [6.07, 6.45) is 10.7. The number of ether oxygens (including phenoxy) is 1. The zero-order valence-corrected chi connectivity index (χ0v) is 11.3. The van der Waals surface area contributed by atoms with E-state index in [1.807, 2.05) is 0 Å². The van der Waals surface area contributed by atoms with Gasteiger partial charge in [-0.1, -0.05) is 25.0 Å². The molecule has 2 atom stereocenters. The molecule has 16 heavy (non-hydrogen) atoms. The van der Waals surface area contributed by atoms with Crippen LogP contribution >= 0.6 is 0 Å². The highest BCUT2D eigenvalue weighted by Crippen LogP contribution is 2.49. The van der Waals surface area contributed by atoms with E-state index in [0.717, 1.165) is 0 Å². The van der Waals surface area contributed by atoms with Crippen LogP contribution in [0.3, 0.4) is 0 Å². The van der Waals surface area contributed by atoms with Crippen molar-refractivity contribution in [2.24, 2.45) is 5.41 Å². The third-order valence-electron chi connectivity index (χ3n) is 4.15. The third-order valence-corrected chi connectivity index (χ3v) is 4.15. The highest BCUT2D eigenvalue weighted by Gasteiger charge is 2.42. The molecule has 0 amide bonds. The van der Waals surface area contributed by atoms with E-state index in [1.54, 1.807) is 5.57 Å². The quantitative estimate of drug-likeness (QED) is 0.595. The highest BCUT2D eigenvalue weighted by atomic mass is 16.5. The van der Waals surface area contributed by atoms with Gasteiger partial charge in [0, 0.05) is 5.41 Å². The van der Waals surface area contributed by atoms with Gasteiger partial charge in [-0.15, -0.1) is 0 Å². The van der Waals surface area contributed by atoms with Crippen molar-refractivity contribution in [2.45, 2.75) is 77.9 Å². The summed E-state index contributed by atoms with van der Waals surface area (Å²) in [5, 5.41) is 0. The molecule has 2 aliphatic carbocycles. The number of hydrogen-bond acceptors (Lipinski definition) is 1. The van der Waals surface area contributed by atoms with Crippen LogP contribution < -0.4 is 0 Å². The van der Waals surface area contributed by atoms with E-state index >= 15 is 0 Å². The Bertz CT molecular complexity index is 284. The van der Waals surface area contributed by atoms with Crippen molar-refractivity contribution in [1.29, 1.82) is 0 Å². The number of rotatable bonds is 1. The summed E-state index contributed by atoms with van der Waals surface area (Å²) in [6.45, 7) is 8.96. The molecule has 0 aromatic carbocycles. The second-order valence-corrected chi connectivity index (χ2v) is 6.65. The molecule has 0 bridgehead atoms. The largest absolute Gasteiger partial charge is 0.372 e. The Balaban J connectivity index is 2.17. The van der Waals surface area contributed by atoms with Gasteiger partial charge in [0.15, 0.2) is 0 Å². The van der Waals surface area contributed by atoms with E-state index in [0.29, 0.717) is 11.5 Å². The molecule has 1 fully saturated rings. The molecule has 1 heteroatoms. The maximum atomic E-state index is 6.31. The predicted octanol–water partition coefficient (Wildman–Crippen LogP) is 4.47. The maximum absolute atomic E-state index is 6.31. The molecule has 0 aromatic heterocycles. The lowest BCUT2D eigenvalue weighted by Crippen LogP contribution is -2.44. The molecule has 0 spiro atoms. The van der Waals surface area contributed by atoms with Gasteiger partial charge in [0.2, 0.25) is 0 Å². The fourth-order valence-corrected chi connectivity index (χ4v) is 3.30. The molecule has 1 unspecified atom stereocenters. The van der Waals surface area contributed by atoms with Gasteiger partial charge >= 0.3 is 0 Å². The van der Waals surface area contributed by atoms with Crippen LogP contribution in [-0.2, 0) is 4.74 Å². The van der Waals surface area contributed by atoms with Crippen molar-refractivity contribution in [3.05, 3.63) is 11.6 Å². The normalized spacial score (nSPS) is 35.5. The molecule has 2 rings (SSSR count). The molecular weight excluding hydrogens is 196 g/mol. The third kappa shape index (κ3) is 2.34. The van der Waals surface area contributed by atoms with Crippen molar-refractivity contribution >= 4 is 0 Å². The topological polar surface area (TPSA) is 9.23 Å².